The van der Waals surface area contributed by atoms with Crippen molar-refractivity contribution in [3.63, 3.8) is 0 Å². The summed E-state index contributed by atoms with van der Waals surface area (Å²) in [5.74, 6) is 0.778. The molecule has 0 bridgehead atoms. The van der Waals surface area contributed by atoms with Crippen LogP contribution in [0, 0.1) is 5.41 Å². The number of amidine groups is 1. The number of rotatable bonds is 3. The number of ether oxygens (including phenoxy) is 1. The van der Waals surface area contributed by atoms with Crippen molar-refractivity contribution in [2.45, 2.75) is 19.3 Å². The number of benzene rings is 1. The molecule has 0 radical (unpaired) electrons. The van der Waals surface area contributed by atoms with E-state index in [2.05, 4.69) is 20.9 Å². The number of nitrogens with two attached hydrogens (primary N) is 1. The number of pyridine rings is 1. The second-order valence-corrected chi connectivity index (χ2v) is 6.21. The van der Waals surface area contributed by atoms with Gasteiger partial charge >= 0.3 is 0 Å². The van der Waals surface area contributed by atoms with Crippen LogP contribution in [0.15, 0.2) is 28.7 Å². The number of nitrogen functional groups attached to an aromatic ring is 1. The first kappa shape index (κ1) is 14.4. The third-order valence-corrected chi connectivity index (χ3v) is 4.20. The fourth-order valence-corrected chi connectivity index (χ4v) is 3.10. The molecule has 3 N–H and O–H groups in total. The molecule has 1 heterocycles. The molecule has 21 heavy (non-hydrogen) atoms. The van der Waals surface area contributed by atoms with Gasteiger partial charge in [-0.15, -0.1) is 0 Å². The summed E-state index contributed by atoms with van der Waals surface area (Å²) in [7, 11) is 0. The minimum atomic E-state index is -0.0552. The van der Waals surface area contributed by atoms with Crippen molar-refractivity contribution in [3.8, 4) is 11.6 Å². The van der Waals surface area contributed by atoms with Gasteiger partial charge in [-0.25, -0.2) is 4.98 Å². The zero-order chi connectivity index (χ0) is 15.0. The van der Waals surface area contributed by atoms with E-state index in [1.54, 1.807) is 12.1 Å². The lowest BCUT2D eigenvalue weighted by Crippen LogP contribution is -2.14. The maximum absolute atomic E-state index is 7.71. The minimum absolute atomic E-state index is 0.0552. The molecule has 4 nitrogen and oxygen atoms in total. The Morgan fingerprint density at radius 1 is 1.33 bits per heavy atom. The molecule has 0 spiro atoms. The van der Waals surface area contributed by atoms with Crippen molar-refractivity contribution in [3.05, 3.63) is 50.6 Å². The summed E-state index contributed by atoms with van der Waals surface area (Å²) in [5.41, 5.74) is 8.32. The molecular weight excluding hydrogens is 354 g/mol. The van der Waals surface area contributed by atoms with E-state index >= 15 is 0 Å². The smallest absolute Gasteiger partial charge is 0.230 e. The molecule has 0 saturated carbocycles. The van der Waals surface area contributed by atoms with Crippen LogP contribution in [0.1, 0.15) is 23.2 Å². The van der Waals surface area contributed by atoms with E-state index in [9.17, 15) is 0 Å². The molecule has 0 aliphatic heterocycles. The Labute approximate surface area is 135 Å². The molecular formula is C15H13BrClN3O. The van der Waals surface area contributed by atoms with Crippen LogP contribution in [0.5, 0.6) is 11.6 Å². The fraction of sp³-hybridized carbons (Fsp3) is 0.200. The minimum Gasteiger partial charge on any atom is -0.437 e. The van der Waals surface area contributed by atoms with Crippen molar-refractivity contribution >= 4 is 33.4 Å². The van der Waals surface area contributed by atoms with Crippen molar-refractivity contribution < 1.29 is 4.74 Å². The number of aromatic nitrogens is 1. The highest BCUT2D eigenvalue weighted by Gasteiger charge is 2.19. The maximum atomic E-state index is 7.71. The molecule has 2 aromatic rings. The number of hydrogen-bond donors (Lipinski definition) is 2. The Bertz CT molecular complexity index is 733. The summed E-state index contributed by atoms with van der Waals surface area (Å²) >= 11 is 9.51. The second-order valence-electron chi connectivity index (χ2n) is 4.89. The van der Waals surface area contributed by atoms with Crippen molar-refractivity contribution in [2.75, 3.05) is 0 Å². The van der Waals surface area contributed by atoms with Crippen LogP contribution in [-0.2, 0) is 12.8 Å². The first-order valence-electron chi connectivity index (χ1n) is 6.54. The summed E-state index contributed by atoms with van der Waals surface area (Å²) in [6.45, 7) is 0. The zero-order valence-corrected chi connectivity index (χ0v) is 13.5. The van der Waals surface area contributed by atoms with Crippen LogP contribution >= 0.6 is 27.5 Å². The predicted octanol–water partition coefficient (Wildman–Crippen LogP) is 4.06. The van der Waals surface area contributed by atoms with Gasteiger partial charge in [0, 0.05) is 10.2 Å². The lowest BCUT2D eigenvalue weighted by atomic mass is 10.1. The average molecular weight is 367 g/mol. The Hall–Kier alpha value is -1.59. The van der Waals surface area contributed by atoms with Crippen molar-refractivity contribution in [2.24, 2.45) is 5.73 Å². The van der Waals surface area contributed by atoms with E-state index in [0.29, 0.717) is 22.2 Å². The molecule has 1 aromatic carbocycles. The molecule has 0 saturated heterocycles. The number of nitrogens with one attached hydrogen (secondary N) is 1. The Morgan fingerprint density at radius 2 is 2.14 bits per heavy atom. The number of nitrogens with zero attached hydrogens (tertiary/aromatic N) is 1. The third kappa shape index (κ3) is 2.89. The molecule has 1 aliphatic carbocycles. The van der Waals surface area contributed by atoms with Gasteiger partial charge in [-0.1, -0.05) is 27.5 Å². The number of aryl methyl sites for hydroxylation is 2. The zero-order valence-electron chi connectivity index (χ0n) is 11.1. The monoisotopic (exact) mass is 365 g/mol. The van der Waals surface area contributed by atoms with Crippen molar-refractivity contribution in [1.82, 2.24) is 4.98 Å². The van der Waals surface area contributed by atoms with E-state index < -0.39 is 0 Å². The van der Waals surface area contributed by atoms with E-state index in [-0.39, 0.29) is 5.84 Å². The van der Waals surface area contributed by atoms with Gasteiger partial charge in [0.25, 0.3) is 0 Å². The van der Waals surface area contributed by atoms with Crippen molar-refractivity contribution in [1.29, 1.82) is 5.41 Å². The number of hydrogen-bond acceptors (Lipinski definition) is 3. The average Bonchev–Trinajstić information content (AvgIpc) is 2.88. The molecule has 1 aromatic heterocycles. The van der Waals surface area contributed by atoms with Gasteiger partial charge in [-0.05, 0) is 49.1 Å². The van der Waals surface area contributed by atoms with Crippen LogP contribution < -0.4 is 10.5 Å². The molecule has 0 atom stereocenters. The van der Waals surface area contributed by atoms with E-state index in [4.69, 9.17) is 27.5 Å². The standard InChI is InChI=1S/C15H13BrClN3O/c16-9-4-5-13(11(17)7-9)21-15-10(14(18)19)6-8-2-1-3-12(8)20-15/h4-7H,1-3H2,(H3,18,19). The maximum Gasteiger partial charge on any atom is 0.230 e. The normalized spacial score (nSPS) is 13.0. The molecule has 0 unspecified atom stereocenters. The van der Waals surface area contributed by atoms with Crippen LogP contribution in [0.4, 0.5) is 0 Å². The second kappa shape index (κ2) is 5.66. The first-order chi connectivity index (χ1) is 10.0. The van der Waals surface area contributed by atoms with Gasteiger partial charge in [-0.2, -0.15) is 0 Å². The summed E-state index contributed by atoms with van der Waals surface area (Å²) in [5, 5.41) is 8.18. The Kier molecular flexibility index (Phi) is 3.87. The van der Waals surface area contributed by atoms with Gasteiger partial charge in [0.2, 0.25) is 5.88 Å². The summed E-state index contributed by atoms with van der Waals surface area (Å²) < 4.78 is 6.67. The molecule has 0 fully saturated rings. The van der Waals surface area contributed by atoms with Crippen LogP contribution in [0.25, 0.3) is 0 Å². The van der Waals surface area contributed by atoms with Crippen LogP contribution in [0.3, 0.4) is 0 Å². The van der Waals surface area contributed by atoms with E-state index in [0.717, 1.165) is 35.0 Å². The van der Waals surface area contributed by atoms with Crippen LogP contribution in [-0.4, -0.2) is 10.8 Å². The van der Waals surface area contributed by atoms with Gasteiger partial charge in [0.1, 0.15) is 11.6 Å². The molecule has 3 rings (SSSR count). The highest BCUT2D eigenvalue weighted by atomic mass is 79.9. The third-order valence-electron chi connectivity index (χ3n) is 3.41. The lowest BCUT2D eigenvalue weighted by molar-refractivity contribution is 0.460. The molecule has 108 valence electrons. The predicted molar refractivity (Wildman–Crippen MR) is 86.5 cm³/mol. The van der Waals surface area contributed by atoms with Gasteiger partial charge in [0.15, 0.2) is 0 Å². The van der Waals surface area contributed by atoms with Gasteiger partial charge in [0.05, 0.1) is 10.6 Å². The molecule has 1 aliphatic rings. The summed E-state index contributed by atoms with van der Waals surface area (Å²) in [4.78, 5) is 4.52. The Morgan fingerprint density at radius 3 is 2.86 bits per heavy atom. The highest BCUT2D eigenvalue weighted by Crippen LogP contribution is 2.34. The lowest BCUT2D eigenvalue weighted by Gasteiger charge is -2.12. The topological polar surface area (TPSA) is 72.0 Å². The summed E-state index contributed by atoms with van der Waals surface area (Å²) in [6.07, 6.45) is 2.97. The fourth-order valence-electron chi connectivity index (χ4n) is 2.39. The highest BCUT2D eigenvalue weighted by molar-refractivity contribution is 9.10. The SMILES string of the molecule is N=C(N)c1cc2c(nc1Oc1ccc(Br)cc1Cl)CCC2. The summed E-state index contributed by atoms with van der Waals surface area (Å²) in [6, 6.07) is 7.24. The van der Waals surface area contributed by atoms with Crippen LogP contribution in [0.2, 0.25) is 5.02 Å². The molecule has 0 amide bonds. The molecule has 6 heteroatoms. The largest absolute Gasteiger partial charge is 0.437 e. The quantitative estimate of drug-likeness (QED) is 0.635. The van der Waals surface area contributed by atoms with Gasteiger partial charge in [-0.3, -0.25) is 5.41 Å². The first-order valence-corrected chi connectivity index (χ1v) is 7.72. The van der Waals surface area contributed by atoms with E-state index in [1.165, 1.54) is 0 Å². The number of halogens is 2. The van der Waals surface area contributed by atoms with E-state index in [1.807, 2.05) is 12.1 Å². The van der Waals surface area contributed by atoms with Gasteiger partial charge < -0.3 is 10.5 Å². The number of fused-ring (bicyclic) bond motifs is 1. The Balaban J connectivity index is 2.03.